The van der Waals surface area contributed by atoms with Gasteiger partial charge in [-0.3, -0.25) is 0 Å². The molecule has 0 spiro atoms. The van der Waals surface area contributed by atoms with Crippen molar-refractivity contribution in [3.8, 4) is 0 Å². The van der Waals surface area contributed by atoms with Crippen molar-refractivity contribution in [2.75, 3.05) is 0 Å². The van der Waals surface area contributed by atoms with Crippen molar-refractivity contribution >= 4 is 43.4 Å². The summed E-state index contributed by atoms with van der Waals surface area (Å²) in [5, 5.41) is 1.77. The third-order valence-electron chi connectivity index (χ3n) is 3.02. The number of nitrogens with one attached hydrogen (secondary N) is 1. The lowest BCUT2D eigenvalue weighted by atomic mass is 10.1. The fraction of sp³-hybridized carbons (Fsp3) is 0.231. The van der Waals surface area contributed by atoms with Crippen LogP contribution in [0.3, 0.4) is 0 Å². The van der Waals surface area contributed by atoms with Gasteiger partial charge in [-0.1, -0.05) is 24.3 Å². The minimum atomic E-state index is -3.39. The SMILES string of the molecule is O=S(=O)(NC1CC1)c1cccc2c(I)cccc12. The van der Waals surface area contributed by atoms with E-state index in [0.717, 1.165) is 27.2 Å². The molecule has 2 aromatic rings. The molecule has 1 fully saturated rings. The molecule has 0 atom stereocenters. The van der Waals surface area contributed by atoms with Crippen molar-refractivity contribution < 1.29 is 8.42 Å². The molecule has 3 rings (SSSR count). The Morgan fingerprint density at radius 3 is 2.44 bits per heavy atom. The lowest BCUT2D eigenvalue weighted by Crippen LogP contribution is -2.25. The van der Waals surface area contributed by atoms with Crippen LogP contribution in [-0.2, 0) is 10.0 Å². The molecule has 18 heavy (non-hydrogen) atoms. The largest absolute Gasteiger partial charge is 0.241 e. The van der Waals surface area contributed by atoms with Crippen LogP contribution in [0, 0.1) is 3.57 Å². The highest BCUT2D eigenvalue weighted by Crippen LogP contribution is 2.28. The second-order valence-corrected chi connectivity index (χ2v) is 7.33. The van der Waals surface area contributed by atoms with Crippen LogP contribution in [0.15, 0.2) is 41.3 Å². The van der Waals surface area contributed by atoms with E-state index in [9.17, 15) is 8.42 Å². The van der Waals surface area contributed by atoms with Crippen LogP contribution < -0.4 is 4.72 Å². The summed E-state index contributed by atoms with van der Waals surface area (Å²) in [5.74, 6) is 0. The number of benzene rings is 2. The minimum Gasteiger partial charge on any atom is -0.208 e. The van der Waals surface area contributed by atoms with Crippen molar-refractivity contribution in [3.63, 3.8) is 0 Å². The van der Waals surface area contributed by atoms with E-state index in [1.807, 2.05) is 24.3 Å². The van der Waals surface area contributed by atoms with Gasteiger partial charge >= 0.3 is 0 Å². The highest BCUT2D eigenvalue weighted by molar-refractivity contribution is 14.1. The number of rotatable bonds is 3. The molecule has 0 radical (unpaired) electrons. The molecule has 1 aliphatic rings. The molecule has 1 N–H and O–H groups in total. The molecular weight excluding hydrogens is 361 g/mol. The quantitative estimate of drug-likeness (QED) is 0.842. The van der Waals surface area contributed by atoms with Gasteiger partial charge < -0.3 is 0 Å². The maximum Gasteiger partial charge on any atom is 0.241 e. The predicted molar refractivity (Wildman–Crippen MR) is 80.0 cm³/mol. The van der Waals surface area contributed by atoms with E-state index in [-0.39, 0.29) is 6.04 Å². The van der Waals surface area contributed by atoms with Crippen LogP contribution in [0.4, 0.5) is 0 Å². The van der Waals surface area contributed by atoms with Crippen LogP contribution in [0.25, 0.3) is 10.8 Å². The standard InChI is InChI=1S/C13H12INO2S/c14-12-5-1-4-11-10(12)3-2-6-13(11)18(16,17)15-9-7-8-9/h1-6,9,15H,7-8H2. The van der Waals surface area contributed by atoms with Crippen LogP contribution in [0.2, 0.25) is 0 Å². The second kappa shape index (κ2) is 4.47. The third-order valence-corrected chi connectivity index (χ3v) is 5.54. The number of halogens is 1. The van der Waals surface area contributed by atoms with Crippen LogP contribution in [-0.4, -0.2) is 14.5 Å². The number of fused-ring (bicyclic) bond motifs is 1. The van der Waals surface area contributed by atoms with E-state index in [1.54, 1.807) is 12.1 Å². The fourth-order valence-corrected chi connectivity index (χ4v) is 4.17. The average molecular weight is 373 g/mol. The Morgan fingerprint density at radius 1 is 1.06 bits per heavy atom. The average Bonchev–Trinajstić information content (AvgIpc) is 3.12. The number of hydrogen-bond acceptors (Lipinski definition) is 2. The monoisotopic (exact) mass is 373 g/mol. The third kappa shape index (κ3) is 2.26. The van der Waals surface area contributed by atoms with E-state index >= 15 is 0 Å². The summed E-state index contributed by atoms with van der Waals surface area (Å²) in [4.78, 5) is 0.380. The molecule has 0 bridgehead atoms. The number of hydrogen-bond donors (Lipinski definition) is 1. The zero-order valence-corrected chi connectivity index (χ0v) is 12.5. The smallest absolute Gasteiger partial charge is 0.208 e. The van der Waals surface area contributed by atoms with Crippen molar-refractivity contribution in [2.24, 2.45) is 0 Å². The molecule has 2 aromatic carbocycles. The van der Waals surface area contributed by atoms with Gasteiger partial charge in [0.15, 0.2) is 0 Å². The summed E-state index contributed by atoms with van der Waals surface area (Å²) < 4.78 is 28.4. The van der Waals surface area contributed by atoms with Gasteiger partial charge in [-0.05, 0) is 53.0 Å². The highest BCUT2D eigenvalue weighted by Gasteiger charge is 2.28. The van der Waals surface area contributed by atoms with E-state index in [4.69, 9.17) is 0 Å². The van der Waals surface area contributed by atoms with Crippen molar-refractivity contribution in [1.82, 2.24) is 4.72 Å². The molecule has 0 amide bonds. The lowest BCUT2D eigenvalue weighted by molar-refractivity contribution is 0.582. The molecule has 0 heterocycles. The summed E-state index contributed by atoms with van der Waals surface area (Å²) in [6, 6.07) is 11.3. The zero-order chi connectivity index (χ0) is 12.8. The van der Waals surface area contributed by atoms with Gasteiger partial charge in [0.25, 0.3) is 0 Å². The second-order valence-electron chi connectivity index (χ2n) is 4.49. The van der Waals surface area contributed by atoms with Gasteiger partial charge in [-0.2, -0.15) is 0 Å². The normalized spacial score (nSPS) is 16.1. The Kier molecular flexibility index (Phi) is 3.07. The molecule has 0 unspecified atom stereocenters. The lowest BCUT2D eigenvalue weighted by Gasteiger charge is -2.09. The first-order valence-corrected chi connectivity index (χ1v) is 8.34. The van der Waals surface area contributed by atoms with Crippen molar-refractivity contribution in [2.45, 2.75) is 23.8 Å². The molecule has 5 heteroatoms. The van der Waals surface area contributed by atoms with Gasteiger partial charge in [0, 0.05) is 15.0 Å². The van der Waals surface area contributed by atoms with Crippen molar-refractivity contribution in [3.05, 3.63) is 40.0 Å². The summed E-state index contributed by atoms with van der Waals surface area (Å²) in [7, 11) is -3.39. The molecule has 0 saturated heterocycles. The minimum absolute atomic E-state index is 0.132. The van der Waals surface area contributed by atoms with E-state index < -0.39 is 10.0 Å². The van der Waals surface area contributed by atoms with E-state index in [2.05, 4.69) is 27.3 Å². The summed E-state index contributed by atoms with van der Waals surface area (Å²) in [6.07, 6.45) is 1.89. The summed E-state index contributed by atoms with van der Waals surface area (Å²) in [6.45, 7) is 0. The molecule has 1 saturated carbocycles. The number of sulfonamides is 1. The maximum atomic E-state index is 12.3. The molecule has 0 aliphatic heterocycles. The molecule has 94 valence electrons. The first-order chi connectivity index (χ1) is 8.58. The Hall–Kier alpha value is -0.660. The Bertz CT molecular complexity index is 708. The molecule has 0 aromatic heterocycles. The maximum absolute atomic E-state index is 12.3. The summed E-state index contributed by atoms with van der Waals surface area (Å²) >= 11 is 2.23. The van der Waals surface area contributed by atoms with Crippen LogP contribution in [0.1, 0.15) is 12.8 Å². The highest BCUT2D eigenvalue weighted by atomic mass is 127. The van der Waals surface area contributed by atoms with E-state index in [1.165, 1.54) is 0 Å². The van der Waals surface area contributed by atoms with Gasteiger partial charge in [0.1, 0.15) is 0 Å². The molecule has 1 aliphatic carbocycles. The Morgan fingerprint density at radius 2 is 1.72 bits per heavy atom. The van der Waals surface area contributed by atoms with Gasteiger partial charge in [-0.25, -0.2) is 13.1 Å². The molecular formula is C13H12INO2S. The van der Waals surface area contributed by atoms with Crippen LogP contribution in [0.5, 0.6) is 0 Å². The first kappa shape index (κ1) is 12.4. The Labute approximate surface area is 120 Å². The predicted octanol–water partition coefficient (Wildman–Crippen LogP) is 2.89. The van der Waals surface area contributed by atoms with Gasteiger partial charge in [0.05, 0.1) is 4.90 Å². The van der Waals surface area contributed by atoms with Crippen molar-refractivity contribution in [1.29, 1.82) is 0 Å². The topological polar surface area (TPSA) is 46.2 Å². The zero-order valence-electron chi connectivity index (χ0n) is 9.56. The van der Waals surface area contributed by atoms with E-state index in [0.29, 0.717) is 4.90 Å². The fourth-order valence-electron chi connectivity index (χ4n) is 1.96. The summed E-state index contributed by atoms with van der Waals surface area (Å²) in [5.41, 5.74) is 0. The van der Waals surface area contributed by atoms with Gasteiger partial charge in [0.2, 0.25) is 10.0 Å². The molecule has 3 nitrogen and oxygen atoms in total. The Balaban J connectivity index is 2.19. The van der Waals surface area contributed by atoms with Crippen LogP contribution >= 0.6 is 22.6 Å². The first-order valence-electron chi connectivity index (χ1n) is 5.77. The van der Waals surface area contributed by atoms with Gasteiger partial charge in [-0.15, -0.1) is 0 Å².